The topological polar surface area (TPSA) is 30.5 Å². The molecule has 0 spiro atoms. The normalized spacial score (nSPS) is 10.7. The molecule has 0 aliphatic rings. The van der Waals surface area contributed by atoms with Gasteiger partial charge in [-0.05, 0) is 38.1 Å². The molecule has 0 aliphatic heterocycles. The summed E-state index contributed by atoms with van der Waals surface area (Å²) in [6.07, 6.45) is 5.36. The summed E-state index contributed by atoms with van der Waals surface area (Å²) in [4.78, 5) is 0. The third-order valence-corrected chi connectivity index (χ3v) is 2.36. The maximum absolute atomic E-state index is 5.56. The largest absolute Gasteiger partial charge is 0.497 e. The predicted octanol–water partition coefficient (Wildman–Crippen LogP) is 2.08. The fourth-order valence-electron chi connectivity index (χ4n) is 1.26. The molecule has 3 heteroatoms. The Labute approximate surface area is 103 Å². The molecule has 0 aliphatic carbocycles. The second-order valence-electron chi connectivity index (χ2n) is 4.22. The highest BCUT2D eigenvalue weighted by Crippen LogP contribution is 2.16. The van der Waals surface area contributed by atoms with Gasteiger partial charge < -0.3 is 9.47 Å². The zero-order chi connectivity index (χ0) is 12.7. The van der Waals surface area contributed by atoms with Gasteiger partial charge in [-0.25, -0.2) is 0 Å². The molecule has 0 fully saturated rings. The van der Waals surface area contributed by atoms with Crippen molar-refractivity contribution >= 4 is 0 Å². The van der Waals surface area contributed by atoms with Gasteiger partial charge in [0.1, 0.15) is 18.1 Å². The van der Waals surface area contributed by atoms with Crippen LogP contribution >= 0.6 is 0 Å². The number of rotatable bonds is 6. The van der Waals surface area contributed by atoms with Gasteiger partial charge >= 0.3 is 0 Å². The zero-order valence-corrected chi connectivity index (χ0v) is 10.6. The lowest BCUT2D eigenvalue weighted by atomic mass is 10.1. The molecule has 1 rings (SSSR count). The van der Waals surface area contributed by atoms with Crippen LogP contribution < -0.4 is 14.8 Å². The van der Waals surface area contributed by atoms with E-state index >= 15 is 0 Å². The standard InChI is InChI=1S/C14H19NO2/c1-5-14(2,3)15-10-11-17-13-8-6-12(16-4)7-9-13/h1,6-9,15H,10-11H2,2-4H3. The zero-order valence-electron chi connectivity index (χ0n) is 10.6. The van der Waals surface area contributed by atoms with E-state index in [0.717, 1.165) is 11.5 Å². The van der Waals surface area contributed by atoms with Crippen molar-refractivity contribution < 1.29 is 9.47 Å². The van der Waals surface area contributed by atoms with Crippen molar-refractivity contribution in [1.29, 1.82) is 0 Å². The van der Waals surface area contributed by atoms with Crippen LogP contribution in [0.5, 0.6) is 11.5 Å². The lowest BCUT2D eigenvalue weighted by Gasteiger charge is -2.19. The van der Waals surface area contributed by atoms with Crippen LogP contribution in [0.4, 0.5) is 0 Å². The van der Waals surface area contributed by atoms with Crippen LogP contribution in [0.3, 0.4) is 0 Å². The van der Waals surface area contributed by atoms with Gasteiger partial charge in [-0.2, -0.15) is 0 Å². The summed E-state index contributed by atoms with van der Waals surface area (Å²) >= 11 is 0. The highest BCUT2D eigenvalue weighted by Gasteiger charge is 2.11. The molecule has 1 N–H and O–H groups in total. The van der Waals surface area contributed by atoms with Gasteiger partial charge in [0.15, 0.2) is 0 Å². The molecule has 0 unspecified atom stereocenters. The number of benzene rings is 1. The lowest BCUT2D eigenvalue weighted by molar-refractivity contribution is 0.299. The summed E-state index contributed by atoms with van der Waals surface area (Å²) in [5, 5.41) is 3.22. The number of nitrogens with one attached hydrogen (secondary N) is 1. The molecule has 0 saturated heterocycles. The monoisotopic (exact) mass is 233 g/mol. The summed E-state index contributed by atoms with van der Waals surface area (Å²) < 4.78 is 10.6. The number of methoxy groups -OCH3 is 1. The predicted molar refractivity (Wildman–Crippen MR) is 69.4 cm³/mol. The van der Waals surface area contributed by atoms with Crippen molar-refractivity contribution in [3.8, 4) is 23.8 Å². The molecule has 0 atom stereocenters. The fourth-order valence-corrected chi connectivity index (χ4v) is 1.26. The van der Waals surface area contributed by atoms with Crippen molar-refractivity contribution in [2.75, 3.05) is 20.3 Å². The van der Waals surface area contributed by atoms with E-state index in [1.54, 1.807) is 7.11 Å². The number of hydrogen-bond donors (Lipinski definition) is 1. The van der Waals surface area contributed by atoms with Gasteiger partial charge in [-0.15, -0.1) is 6.42 Å². The maximum atomic E-state index is 5.56. The number of terminal acetylenes is 1. The van der Waals surface area contributed by atoms with Gasteiger partial charge in [0.25, 0.3) is 0 Å². The molecule has 17 heavy (non-hydrogen) atoms. The van der Waals surface area contributed by atoms with Crippen LogP contribution in [0.1, 0.15) is 13.8 Å². The summed E-state index contributed by atoms with van der Waals surface area (Å²) in [6.45, 7) is 5.21. The van der Waals surface area contributed by atoms with Crippen LogP contribution in [0.15, 0.2) is 24.3 Å². The first-order valence-corrected chi connectivity index (χ1v) is 5.57. The van der Waals surface area contributed by atoms with Crippen LogP contribution in [0.25, 0.3) is 0 Å². The van der Waals surface area contributed by atoms with Gasteiger partial charge in [0.2, 0.25) is 0 Å². The van der Waals surface area contributed by atoms with Crippen LogP contribution in [0, 0.1) is 12.3 Å². The summed E-state index contributed by atoms with van der Waals surface area (Å²) in [5.41, 5.74) is -0.288. The molecule has 1 aromatic carbocycles. The van der Waals surface area contributed by atoms with Crippen LogP contribution in [-0.4, -0.2) is 25.8 Å². The average molecular weight is 233 g/mol. The van der Waals surface area contributed by atoms with E-state index in [0.29, 0.717) is 13.2 Å². The molecule has 1 aromatic rings. The highest BCUT2D eigenvalue weighted by atomic mass is 16.5. The third-order valence-electron chi connectivity index (χ3n) is 2.36. The molecule has 0 radical (unpaired) electrons. The van der Waals surface area contributed by atoms with E-state index in [9.17, 15) is 0 Å². The molecule has 0 heterocycles. The molecule has 0 saturated carbocycles. The van der Waals surface area contributed by atoms with Gasteiger partial charge in [0.05, 0.1) is 12.6 Å². The van der Waals surface area contributed by atoms with E-state index < -0.39 is 0 Å². The maximum Gasteiger partial charge on any atom is 0.119 e. The smallest absolute Gasteiger partial charge is 0.119 e. The quantitative estimate of drug-likeness (QED) is 0.603. The molecular weight excluding hydrogens is 214 g/mol. The van der Waals surface area contributed by atoms with Crippen molar-refractivity contribution in [1.82, 2.24) is 5.32 Å². The Morgan fingerprint density at radius 3 is 2.35 bits per heavy atom. The molecule has 92 valence electrons. The fraction of sp³-hybridized carbons (Fsp3) is 0.429. The van der Waals surface area contributed by atoms with E-state index in [1.165, 1.54) is 0 Å². The molecule has 0 bridgehead atoms. The highest BCUT2D eigenvalue weighted by molar-refractivity contribution is 5.31. The first kappa shape index (κ1) is 13.4. The van der Waals surface area contributed by atoms with Crippen molar-refractivity contribution in [2.24, 2.45) is 0 Å². The van der Waals surface area contributed by atoms with E-state index in [-0.39, 0.29) is 5.54 Å². The van der Waals surface area contributed by atoms with Crippen molar-refractivity contribution in [3.05, 3.63) is 24.3 Å². The minimum absolute atomic E-state index is 0.288. The Morgan fingerprint density at radius 1 is 1.24 bits per heavy atom. The van der Waals surface area contributed by atoms with Gasteiger partial charge in [-0.1, -0.05) is 5.92 Å². The van der Waals surface area contributed by atoms with E-state index in [1.807, 2.05) is 38.1 Å². The van der Waals surface area contributed by atoms with Crippen molar-refractivity contribution in [3.63, 3.8) is 0 Å². The minimum atomic E-state index is -0.288. The second kappa shape index (κ2) is 6.17. The summed E-state index contributed by atoms with van der Waals surface area (Å²) in [5.74, 6) is 4.32. The Morgan fingerprint density at radius 2 is 1.82 bits per heavy atom. The van der Waals surface area contributed by atoms with Gasteiger partial charge in [0, 0.05) is 6.54 Å². The van der Waals surface area contributed by atoms with E-state index in [2.05, 4.69) is 11.2 Å². The Balaban J connectivity index is 2.29. The average Bonchev–Trinajstić information content (AvgIpc) is 2.35. The Kier molecular flexibility index (Phi) is 4.86. The van der Waals surface area contributed by atoms with Crippen molar-refractivity contribution in [2.45, 2.75) is 19.4 Å². The molecule has 0 amide bonds. The first-order chi connectivity index (χ1) is 8.07. The molecular formula is C14H19NO2. The molecule has 0 aromatic heterocycles. The summed E-state index contributed by atoms with van der Waals surface area (Å²) in [6, 6.07) is 7.50. The molecule has 3 nitrogen and oxygen atoms in total. The first-order valence-electron chi connectivity index (χ1n) is 5.57. The third kappa shape index (κ3) is 4.80. The van der Waals surface area contributed by atoms with E-state index in [4.69, 9.17) is 15.9 Å². The summed E-state index contributed by atoms with van der Waals surface area (Å²) in [7, 11) is 1.64. The van der Waals surface area contributed by atoms with Crippen LogP contribution in [0.2, 0.25) is 0 Å². The number of hydrogen-bond acceptors (Lipinski definition) is 3. The SMILES string of the molecule is C#CC(C)(C)NCCOc1ccc(OC)cc1. The van der Waals surface area contributed by atoms with Crippen LogP contribution in [-0.2, 0) is 0 Å². The second-order valence-corrected chi connectivity index (χ2v) is 4.22. The lowest BCUT2D eigenvalue weighted by Crippen LogP contribution is -2.40. The Hall–Kier alpha value is -1.66. The van der Waals surface area contributed by atoms with Gasteiger partial charge in [-0.3, -0.25) is 5.32 Å². The number of ether oxygens (including phenoxy) is 2. The Bertz CT molecular complexity index is 376. The minimum Gasteiger partial charge on any atom is -0.497 e.